The fourth-order valence-corrected chi connectivity index (χ4v) is 2.86. The lowest BCUT2D eigenvalue weighted by molar-refractivity contribution is -0.121. The van der Waals surface area contributed by atoms with Gasteiger partial charge in [0.15, 0.2) is 0 Å². The van der Waals surface area contributed by atoms with Crippen LogP contribution in [0.3, 0.4) is 0 Å². The Hall–Kier alpha value is -1.88. The van der Waals surface area contributed by atoms with Crippen LogP contribution >= 0.6 is 0 Å². The number of aromatic nitrogens is 2. The molecule has 0 bridgehead atoms. The monoisotopic (exact) mass is 273 g/mol. The standard InChI is InChI=1S/C15H19N3O2/c1-20-11-7-5-10(6-8-11)15(19)18-13-4-2-3-12-14(13)17-9-16-12/h2-4,9-11H,5-8H2,1H3,(H,16,17)(H,18,19). The van der Waals surface area contributed by atoms with E-state index in [4.69, 9.17) is 4.74 Å². The number of amides is 1. The van der Waals surface area contributed by atoms with Crippen LogP contribution < -0.4 is 5.32 Å². The van der Waals surface area contributed by atoms with Crippen LogP contribution in [0.5, 0.6) is 0 Å². The number of nitrogens with one attached hydrogen (secondary N) is 2. The minimum atomic E-state index is 0.0793. The molecule has 2 N–H and O–H groups in total. The summed E-state index contributed by atoms with van der Waals surface area (Å²) < 4.78 is 5.34. The summed E-state index contributed by atoms with van der Waals surface area (Å²) in [4.78, 5) is 19.6. The number of methoxy groups -OCH3 is 1. The summed E-state index contributed by atoms with van der Waals surface area (Å²) in [6.45, 7) is 0. The molecule has 1 heterocycles. The number of aromatic amines is 1. The molecule has 1 amide bonds. The van der Waals surface area contributed by atoms with Gasteiger partial charge in [-0.3, -0.25) is 4.79 Å². The number of imidazole rings is 1. The highest BCUT2D eigenvalue weighted by Gasteiger charge is 2.26. The van der Waals surface area contributed by atoms with Gasteiger partial charge in [-0.2, -0.15) is 0 Å². The number of carbonyl (C=O) groups is 1. The highest BCUT2D eigenvalue weighted by molar-refractivity contribution is 6.00. The van der Waals surface area contributed by atoms with Gasteiger partial charge in [0.25, 0.3) is 0 Å². The van der Waals surface area contributed by atoms with E-state index in [0.717, 1.165) is 42.4 Å². The summed E-state index contributed by atoms with van der Waals surface area (Å²) in [5.41, 5.74) is 2.53. The molecule has 0 saturated heterocycles. The molecular weight excluding hydrogens is 254 g/mol. The van der Waals surface area contributed by atoms with Crippen LogP contribution in [0.1, 0.15) is 25.7 Å². The van der Waals surface area contributed by atoms with Crippen LogP contribution in [-0.4, -0.2) is 29.1 Å². The van der Waals surface area contributed by atoms with E-state index in [9.17, 15) is 4.79 Å². The molecule has 0 atom stereocenters. The lowest BCUT2D eigenvalue weighted by Gasteiger charge is -2.26. The Morgan fingerprint density at radius 3 is 2.90 bits per heavy atom. The number of anilines is 1. The van der Waals surface area contributed by atoms with Crippen LogP contribution in [0.25, 0.3) is 11.0 Å². The van der Waals surface area contributed by atoms with Gasteiger partial charge in [-0.1, -0.05) is 6.07 Å². The molecule has 20 heavy (non-hydrogen) atoms. The Morgan fingerprint density at radius 2 is 2.15 bits per heavy atom. The maximum absolute atomic E-state index is 12.3. The Labute approximate surface area is 117 Å². The first-order valence-corrected chi connectivity index (χ1v) is 7.03. The number of fused-ring (bicyclic) bond motifs is 1. The van der Waals surface area contributed by atoms with Crippen molar-refractivity contribution in [3.63, 3.8) is 0 Å². The van der Waals surface area contributed by atoms with E-state index in [1.54, 1.807) is 13.4 Å². The molecule has 106 valence electrons. The molecule has 1 aliphatic rings. The van der Waals surface area contributed by atoms with Crippen LogP contribution in [0.15, 0.2) is 24.5 Å². The van der Waals surface area contributed by atoms with E-state index in [1.165, 1.54) is 0 Å². The number of rotatable bonds is 3. The Morgan fingerprint density at radius 1 is 1.35 bits per heavy atom. The SMILES string of the molecule is COC1CCC(C(=O)Nc2cccc3[nH]cnc23)CC1. The number of ether oxygens (including phenoxy) is 1. The maximum atomic E-state index is 12.3. The normalized spacial score (nSPS) is 22.9. The average molecular weight is 273 g/mol. The third-order valence-electron chi connectivity index (χ3n) is 4.09. The molecule has 1 aromatic heterocycles. The van der Waals surface area contributed by atoms with Gasteiger partial charge in [-0.15, -0.1) is 0 Å². The largest absolute Gasteiger partial charge is 0.381 e. The van der Waals surface area contributed by atoms with E-state index in [1.807, 2.05) is 18.2 Å². The maximum Gasteiger partial charge on any atom is 0.227 e. The number of H-pyrrole nitrogens is 1. The molecular formula is C15H19N3O2. The predicted molar refractivity (Wildman–Crippen MR) is 77.5 cm³/mol. The fourth-order valence-electron chi connectivity index (χ4n) is 2.86. The lowest BCUT2D eigenvalue weighted by Crippen LogP contribution is -2.29. The van der Waals surface area contributed by atoms with Crippen molar-refractivity contribution < 1.29 is 9.53 Å². The third-order valence-corrected chi connectivity index (χ3v) is 4.09. The van der Waals surface area contributed by atoms with E-state index in [0.29, 0.717) is 6.10 Å². The summed E-state index contributed by atoms with van der Waals surface area (Å²) in [6.07, 6.45) is 5.66. The summed E-state index contributed by atoms with van der Waals surface area (Å²) >= 11 is 0. The molecule has 1 aromatic carbocycles. The van der Waals surface area contributed by atoms with Crippen molar-refractivity contribution in [2.24, 2.45) is 5.92 Å². The van der Waals surface area contributed by atoms with Crippen molar-refractivity contribution in [2.45, 2.75) is 31.8 Å². The van der Waals surface area contributed by atoms with Gasteiger partial charge in [0, 0.05) is 13.0 Å². The molecule has 5 nitrogen and oxygen atoms in total. The van der Waals surface area contributed by atoms with Crippen molar-refractivity contribution in [1.82, 2.24) is 9.97 Å². The number of hydrogen-bond acceptors (Lipinski definition) is 3. The second kappa shape index (κ2) is 5.63. The highest BCUT2D eigenvalue weighted by atomic mass is 16.5. The quantitative estimate of drug-likeness (QED) is 0.903. The van der Waals surface area contributed by atoms with Gasteiger partial charge in [0.05, 0.1) is 23.6 Å². The minimum Gasteiger partial charge on any atom is -0.381 e. The summed E-state index contributed by atoms with van der Waals surface area (Å²) in [6, 6.07) is 5.75. The number of benzene rings is 1. The van der Waals surface area contributed by atoms with Crippen LogP contribution in [0.2, 0.25) is 0 Å². The van der Waals surface area contributed by atoms with E-state index in [-0.39, 0.29) is 11.8 Å². The lowest BCUT2D eigenvalue weighted by atomic mass is 9.87. The van der Waals surface area contributed by atoms with Crippen molar-refractivity contribution in [3.05, 3.63) is 24.5 Å². The van der Waals surface area contributed by atoms with E-state index >= 15 is 0 Å². The average Bonchev–Trinajstić information content (AvgIpc) is 2.97. The summed E-state index contributed by atoms with van der Waals surface area (Å²) in [7, 11) is 1.74. The van der Waals surface area contributed by atoms with Gasteiger partial charge in [-0.25, -0.2) is 4.98 Å². The second-order valence-electron chi connectivity index (χ2n) is 5.30. The van der Waals surface area contributed by atoms with Crippen molar-refractivity contribution >= 4 is 22.6 Å². The topological polar surface area (TPSA) is 67.0 Å². The number of hydrogen-bond donors (Lipinski definition) is 2. The molecule has 1 aliphatic carbocycles. The number of nitrogens with zero attached hydrogens (tertiary/aromatic N) is 1. The fraction of sp³-hybridized carbons (Fsp3) is 0.467. The molecule has 0 unspecified atom stereocenters. The van der Waals surface area contributed by atoms with Crippen molar-refractivity contribution in [2.75, 3.05) is 12.4 Å². The molecule has 1 saturated carbocycles. The zero-order chi connectivity index (χ0) is 13.9. The Bertz CT molecular complexity index is 600. The molecule has 1 fully saturated rings. The summed E-state index contributed by atoms with van der Waals surface area (Å²) in [5, 5.41) is 3.01. The summed E-state index contributed by atoms with van der Waals surface area (Å²) in [5.74, 6) is 0.172. The highest BCUT2D eigenvalue weighted by Crippen LogP contribution is 2.28. The van der Waals surface area contributed by atoms with Gasteiger partial charge in [0.1, 0.15) is 5.52 Å². The Kier molecular flexibility index (Phi) is 3.69. The van der Waals surface area contributed by atoms with Crippen LogP contribution in [-0.2, 0) is 9.53 Å². The molecule has 0 spiro atoms. The zero-order valence-corrected chi connectivity index (χ0v) is 11.6. The zero-order valence-electron chi connectivity index (χ0n) is 11.6. The molecule has 0 aliphatic heterocycles. The van der Waals surface area contributed by atoms with Gasteiger partial charge < -0.3 is 15.0 Å². The predicted octanol–water partition coefficient (Wildman–Crippen LogP) is 2.71. The Balaban J connectivity index is 1.69. The minimum absolute atomic E-state index is 0.0793. The third kappa shape index (κ3) is 2.54. The van der Waals surface area contributed by atoms with Crippen LogP contribution in [0, 0.1) is 5.92 Å². The smallest absolute Gasteiger partial charge is 0.227 e. The van der Waals surface area contributed by atoms with Crippen molar-refractivity contribution in [3.8, 4) is 0 Å². The molecule has 3 rings (SSSR count). The second-order valence-corrected chi connectivity index (χ2v) is 5.30. The van der Waals surface area contributed by atoms with E-state index in [2.05, 4.69) is 15.3 Å². The molecule has 2 aromatic rings. The first-order valence-electron chi connectivity index (χ1n) is 7.03. The van der Waals surface area contributed by atoms with Gasteiger partial charge >= 0.3 is 0 Å². The first kappa shape index (κ1) is 13.1. The van der Waals surface area contributed by atoms with Gasteiger partial charge in [-0.05, 0) is 37.8 Å². The van der Waals surface area contributed by atoms with Crippen molar-refractivity contribution in [1.29, 1.82) is 0 Å². The number of para-hydroxylation sites is 1. The van der Waals surface area contributed by atoms with Crippen LogP contribution in [0.4, 0.5) is 5.69 Å². The first-order chi connectivity index (χ1) is 9.78. The van der Waals surface area contributed by atoms with Gasteiger partial charge in [0.2, 0.25) is 5.91 Å². The van der Waals surface area contributed by atoms with E-state index < -0.39 is 0 Å². The molecule has 0 radical (unpaired) electrons. The molecule has 5 heteroatoms. The number of carbonyl (C=O) groups excluding carboxylic acids is 1.